The molecule has 1 atom stereocenters. The second-order valence-corrected chi connectivity index (χ2v) is 19.3. The predicted octanol–water partition coefficient (Wildman–Crippen LogP) is 17.8. The zero-order chi connectivity index (χ0) is 44.5. The summed E-state index contributed by atoms with van der Waals surface area (Å²) in [5.41, 5.74) is 0. The summed E-state index contributed by atoms with van der Waals surface area (Å²) in [5, 5.41) is 0. The van der Waals surface area contributed by atoms with Gasteiger partial charge in [-0.05, 0) is 25.2 Å². The molecule has 0 saturated heterocycles. The van der Waals surface area contributed by atoms with Crippen LogP contribution in [0.4, 0.5) is 0 Å². The van der Waals surface area contributed by atoms with Crippen LogP contribution in [0.3, 0.4) is 0 Å². The predicted molar refractivity (Wildman–Crippen MR) is 261 cm³/mol. The van der Waals surface area contributed by atoms with E-state index in [2.05, 4.69) is 27.7 Å². The Balaban J connectivity index is 4.26. The molecule has 0 bridgehead atoms. The third kappa shape index (κ3) is 49.3. The Morgan fingerprint density at radius 1 is 0.311 bits per heavy atom. The Labute approximate surface area is 380 Å². The second-order valence-electron chi connectivity index (χ2n) is 19.3. The van der Waals surface area contributed by atoms with Crippen LogP contribution >= 0.6 is 0 Å². The van der Waals surface area contributed by atoms with Crippen molar-refractivity contribution in [3.63, 3.8) is 0 Å². The van der Waals surface area contributed by atoms with Crippen molar-refractivity contribution in [2.24, 2.45) is 5.92 Å². The van der Waals surface area contributed by atoms with Crippen molar-refractivity contribution >= 4 is 17.9 Å². The molecule has 0 heterocycles. The van der Waals surface area contributed by atoms with Gasteiger partial charge in [-0.3, -0.25) is 14.4 Å². The third-order valence-corrected chi connectivity index (χ3v) is 12.5. The van der Waals surface area contributed by atoms with Gasteiger partial charge in [-0.25, -0.2) is 0 Å². The molecule has 0 unspecified atom stereocenters. The Morgan fingerprint density at radius 2 is 0.541 bits per heavy atom. The Hall–Kier alpha value is -1.59. The monoisotopic (exact) mass is 863 g/mol. The molecular formula is C55H106O6. The lowest BCUT2D eigenvalue weighted by Crippen LogP contribution is -2.30. The molecule has 0 amide bonds. The Bertz CT molecular complexity index is 918. The van der Waals surface area contributed by atoms with Crippen molar-refractivity contribution in [3.8, 4) is 0 Å². The van der Waals surface area contributed by atoms with Crippen molar-refractivity contribution in [2.75, 3.05) is 13.2 Å². The fourth-order valence-corrected chi connectivity index (χ4v) is 8.39. The van der Waals surface area contributed by atoms with Gasteiger partial charge < -0.3 is 14.2 Å². The Morgan fingerprint density at radius 3 is 0.803 bits per heavy atom. The van der Waals surface area contributed by atoms with Crippen LogP contribution in [0.1, 0.15) is 310 Å². The Kier molecular flexibility index (Phi) is 48.1. The van der Waals surface area contributed by atoms with Crippen molar-refractivity contribution < 1.29 is 28.6 Å². The molecule has 0 rings (SSSR count). The van der Waals surface area contributed by atoms with Crippen LogP contribution in [-0.2, 0) is 28.6 Å². The summed E-state index contributed by atoms with van der Waals surface area (Å²) in [6, 6.07) is 0. The summed E-state index contributed by atoms with van der Waals surface area (Å²) < 4.78 is 16.8. The first kappa shape index (κ1) is 59.4. The number of esters is 3. The van der Waals surface area contributed by atoms with Crippen LogP contribution in [-0.4, -0.2) is 37.2 Å². The standard InChI is InChI=1S/C55H106O6/c1-5-7-9-11-13-15-17-18-19-20-21-22-27-30-34-38-42-46-53(56)59-49-52(61-55(58)48-44-40-36-32-25-16-14-12-10-8-6-2)50-60-54(57)47-43-39-35-31-28-24-23-26-29-33-37-41-45-51(3)4/h51-52H,5-50H2,1-4H3/t52-/m0/s1. The van der Waals surface area contributed by atoms with Gasteiger partial charge >= 0.3 is 17.9 Å². The van der Waals surface area contributed by atoms with Crippen LogP contribution in [0.5, 0.6) is 0 Å². The van der Waals surface area contributed by atoms with E-state index in [-0.39, 0.29) is 31.1 Å². The van der Waals surface area contributed by atoms with E-state index >= 15 is 0 Å². The van der Waals surface area contributed by atoms with E-state index in [9.17, 15) is 14.4 Å². The average Bonchev–Trinajstić information content (AvgIpc) is 3.24. The highest BCUT2D eigenvalue weighted by molar-refractivity contribution is 5.71. The van der Waals surface area contributed by atoms with Crippen LogP contribution < -0.4 is 0 Å². The highest BCUT2D eigenvalue weighted by Gasteiger charge is 2.19. The summed E-state index contributed by atoms with van der Waals surface area (Å²) in [6.45, 7) is 9.04. The maximum absolute atomic E-state index is 12.8. The molecule has 0 fully saturated rings. The van der Waals surface area contributed by atoms with Gasteiger partial charge in [-0.15, -0.1) is 0 Å². The van der Waals surface area contributed by atoms with Crippen molar-refractivity contribution in [1.82, 2.24) is 0 Å². The first-order chi connectivity index (χ1) is 29.9. The molecule has 362 valence electrons. The quantitative estimate of drug-likeness (QED) is 0.0344. The average molecular weight is 863 g/mol. The number of hydrogen-bond acceptors (Lipinski definition) is 6. The van der Waals surface area contributed by atoms with Gasteiger partial charge in [-0.2, -0.15) is 0 Å². The summed E-state index contributed by atoms with van der Waals surface area (Å²) in [4.78, 5) is 38.0. The second kappa shape index (κ2) is 49.4. The topological polar surface area (TPSA) is 78.9 Å². The molecule has 0 radical (unpaired) electrons. The molecule has 0 saturated carbocycles. The molecule has 0 aromatic rings. The van der Waals surface area contributed by atoms with E-state index < -0.39 is 6.10 Å². The van der Waals surface area contributed by atoms with Crippen LogP contribution in [0.2, 0.25) is 0 Å². The van der Waals surface area contributed by atoms with E-state index in [0.717, 1.165) is 63.7 Å². The number of unbranched alkanes of at least 4 members (excludes halogenated alkanes) is 37. The van der Waals surface area contributed by atoms with Gasteiger partial charge in [0, 0.05) is 19.3 Å². The first-order valence-electron chi connectivity index (χ1n) is 27.4. The van der Waals surface area contributed by atoms with Gasteiger partial charge in [0.2, 0.25) is 0 Å². The maximum atomic E-state index is 12.8. The number of hydrogen-bond donors (Lipinski definition) is 0. The minimum absolute atomic E-state index is 0.0623. The maximum Gasteiger partial charge on any atom is 0.306 e. The van der Waals surface area contributed by atoms with Crippen molar-refractivity contribution in [3.05, 3.63) is 0 Å². The molecule has 0 spiro atoms. The van der Waals surface area contributed by atoms with E-state index in [0.29, 0.717) is 19.3 Å². The van der Waals surface area contributed by atoms with Gasteiger partial charge in [-0.1, -0.05) is 272 Å². The number of carbonyl (C=O) groups excluding carboxylic acids is 3. The normalized spacial score (nSPS) is 12.0. The summed E-state index contributed by atoms with van der Waals surface area (Å²) in [5.74, 6) is -0.00689. The number of carbonyl (C=O) groups is 3. The summed E-state index contributed by atoms with van der Waals surface area (Å²) >= 11 is 0. The molecule has 6 heteroatoms. The molecule has 0 aromatic heterocycles. The van der Waals surface area contributed by atoms with E-state index in [1.54, 1.807) is 0 Å². The largest absolute Gasteiger partial charge is 0.462 e. The van der Waals surface area contributed by atoms with E-state index in [1.807, 2.05) is 0 Å². The van der Waals surface area contributed by atoms with Crippen LogP contribution in [0.25, 0.3) is 0 Å². The van der Waals surface area contributed by atoms with Gasteiger partial charge in [0.1, 0.15) is 13.2 Å². The van der Waals surface area contributed by atoms with E-state index in [1.165, 1.54) is 205 Å². The minimum Gasteiger partial charge on any atom is -0.462 e. The fraction of sp³-hybridized carbons (Fsp3) is 0.945. The summed E-state index contributed by atoms with van der Waals surface area (Å²) in [7, 11) is 0. The molecule has 0 aliphatic heterocycles. The van der Waals surface area contributed by atoms with Gasteiger partial charge in [0.15, 0.2) is 6.10 Å². The summed E-state index contributed by atoms with van der Waals surface area (Å²) in [6.07, 6.45) is 52.3. The van der Waals surface area contributed by atoms with Crippen molar-refractivity contribution in [1.29, 1.82) is 0 Å². The number of rotatable bonds is 50. The highest BCUT2D eigenvalue weighted by Crippen LogP contribution is 2.17. The van der Waals surface area contributed by atoms with Crippen molar-refractivity contribution in [2.45, 2.75) is 316 Å². The molecular weight excluding hydrogens is 757 g/mol. The molecule has 0 aliphatic rings. The van der Waals surface area contributed by atoms with Gasteiger partial charge in [0.25, 0.3) is 0 Å². The lowest BCUT2D eigenvalue weighted by Gasteiger charge is -2.18. The molecule has 6 nitrogen and oxygen atoms in total. The molecule has 0 aromatic carbocycles. The van der Waals surface area contributed by atoms with Crippen LogP contribution in [0.15, 0.2) is 0 Å². The van der Waals surface area contributed by atoms with Gasteiger partial charge in [0.05, 0.1) is 0 Å². The third-order valence-electron chi connectivity index (χ3n) is 12.5. The SMILES string of the molecule is CCCCCCCCCCCCCCCCCCCC(=O)OC[C@@H](COC(=O)CCCCCCCCCCCCCCC(C)C)OC(=O)CCCCCCCCCCCCC. The molecule has 0 aliphatic carbocycles. The lowest BCUT2D eigenvalue weighted by atomic mass is 10.0. The molecule has 61 heavy (non-hydrogen) atoms. The minimum atomic E-state index is -0.760. The zero-order valence-corrected chi connectivity index (χ0v) is 41.6. The fourth-order valence-electron chi connectivity index (χ4n) is 8.39. The van der Waals surface area contributed by atoms with E-state index in [4.69, 9.17) is 14.2 Å². The highest BCUT2D eigenvalue weighted by atomic mass is 16.6. The lowest BCUT2D eigenvalue weighted by molar-refractivity contribution is -0.167. The smallest absolute Gasteiger partial charge is 0.306 e. The van der Waals surface area contributed by atoms with Crippen LogP contribution in [0, 0.1) is 5.92 Å². The molecule has 0 N–H and O–H groups in total. The first-order valence-corrected chi connectivity index (χ1v) is 27.4. The number of ether oxygens (including phenoxy) is 3. The zero-order valence-electron chi connectivity index (χ0n) is 41.6.